The Balaban J connectivity index is 2.16. The van der Waals surface area contributed by atoms with Crippen molar-refractivity contribution in [2.24, 2.45) is 0 Å². The monoisotopic (exact) mass is 267 g/mol. The number of rotatable bonds is 9. The van der Waals surface area contributed by atoms with Crippen LogP contribution in [0.3, 0.4) is 0 Å². The maximum atomic E-state index is 11.8. The third-order valence-corrected chi connectivity index (χ3v) is 2.47. The van der Waals surface area contributed by atoms with Crippen molar-refractivity contribution in [1.82, 2.24) is 9.36 Å². The summed E-state index contributed by atoms with van der Waals surface area (Å²) in [4.78, 5) is 4.17. The summed E-state index contributed by atoms with van der Waals surface area (Å²) in [5.41, 5.74) is 0. The molecule has 0 aliphatic rings. The van der Waals surface area contributed by atoms with Crippen molar-refractivity contribution in [2.75, 3.05) is 38.8 Å². The van der Waals surface area contributed by atoms with Crippen LogP contribution in [0.15, 0.2) is 0 Å². The van der Waals surface area contributed by atoms with E-state index in [0.29, 0.717) is 30.5 Å². The van der Waals surface area contributed by atoms with Crippen molar-refractivity contribution < 1.29 is 18.3 Å². The minimum atomic E-state index is -2.43. The van der Waals surface area contributed by atoms with E-state index in [1.165, 1.54) is 11.5 Å². The Kier molecular flexibility index (Phi) is 6.90. The Hall–Kier alpha value is -0.860. The predicted octanol–water partition coefficient (Wildman–Crippen LogP) is 1.42. The van der Waals surface area contributed by atoms with Gasteiger partial charge in [0.1, 0.15) is 12.4 Å². The van der Waals surface area contributed by atoms with E-state index in [2.05, 4.69) is 14.7 Å². The summed E-state index contributed by atoms with van der Waals surface area (Å²) in [6, 6.07) is 0. The molecule has 1 heterocycles. The van der Waals surface area contributed by atoms with Crippen molar-refractivity contribution in [3.8, 4) is 0 Å². The van der Waals surface area contributed by atoms with E-state index in [0.717, 1.165) is 0 Å². The Morgan fingerprint density at radius 3 is 2.94 bits per heavy atom. The molecule has 1 N–H and O–H groups in total. The minimum Gasteiger partial charge on any atom is -0.383 e. The maximum Gasteiger partial charge on any atom is 0.261 e. The molecule has 1 aromatic heterocycles. The summed E-state index contributed by atoms with van der Waals surface area (Å²) in [7, 11) is 1.62. The lowest BCUT2D eigenvalue weighted by Gasteiger charge is -2.00. The van der Waals surface area contributed by atoms with Gasteiger partial charge >= 0.3 is 0 Å². The molecule has 0 saturated carbocycles. The highest BCUT2D eigenvalue weighted by Gasteiger charge is 2.05. The number of hydrogen-bond donors (Lipinski definition) is 1. The molecule has 0 bridgehead atoms. The predicted molar refractivity (Wildman–Crippen MR) is 60.8 cm³/mol. The van der Waals surface area contributed by atoms with Gasteiger partial charge < -0.3 is 14.8 Å². The highest BCUT2D eigenvalue weighted by atomic mass is 32.1. The molecule has 0 radical (unpaired) electrons. The van der Waals surface area contributed by atoms with E-state index >= 15 is 0 Å². The Bertz CT molecular complexity index is 312. The SMILES string of the molecule is COCCNc1nc(CCOCC(F)F)ns1. The second kappa shape index (κ2) is 8.26. The van der Waals surface area contributed by atoms with Crippen LogP contribution >= 0.6 is 11.5 Å². The lowest BCUT2D eigenvalue weighted by Crippen LogP contribution is -2.08. The number of hydrogen-bond acceptors (Lipinski definition) is 6. The first-order valence-electron chi connectivity index (χ1n) is 5.13. The van der Waals surface area contributed by atoms with Gasteiger partial charge in [0.15, 0.2) is 0 Å². The van der Waals surface area contributed by atoms with Crippen molar-refractivity contribution >= 4 is 16.7 Å². The molecule has 0 saturated heterocycles. The first-order chi connectivity index (χ1) is 8.22. The molecule has 1 aromatic rings. The largest absolute Gasteiger partial charge is 0.383 e. The zero-order chi connectivity index (χ0) is 12.5. The lowest BCUT2D eigenvalue weighted by molar-refractivity contribution is 0.0183. The second-order valence-electron chi connectivity index (χ2n) is 3.15. The summed E-state index contributed by atoms with van der Waals surface area (Å²) in [5.74, 6) is 0.601. The third kappa shape index (κ3) is 6.44. The molecule has 98 valence electrons. The van der Waals surface area contributed by atoms with Gasteiger partial charge in [0, 0.05) is 31.6 Å². The van der Waals surface area contributed by atoms with Crippen LogP contribution in [-0.2, 0) is 15.9 Å². The van der Waals surface area contributed by atoms with Crippen LogP contribution in [0.2, 0.25) is 0 Å². The van der Waals surface area contributed by atoms with Gasteiger partial charge in [0.05, 0.1) is 13.2 Å². The normalized spacial score (nSPS) is 11.1. The number of ether oxygens (including phenoxy) is 2. The topological polar surface area (TPSA) is 56.3 Å². The van der Waals surface area contributed by atoms with Crippen LogP contribution in [-0.4, -0.2) is 49.3 Å². The molecule has 0 fully saturated rings. The molecule has 0 unspecified atom stereocenters. The molecule has 0 amide bonds. The van der Waals surface area contributed by atoms with E-state index in [4.69, 9.17) is 9.47 Å². The number of nitrogens with zero attached hydrogens (tertiary/aromatic N) is 2. The standard InChI is InChI=1S/C9H15F2N3O2S/c1-15-5-3-12-9-13-8(14-17-9)2-4-16-6-7(10)11/h7H,2-6H2,1H3,(H,12,13,14). The molecule has 0 spiro atoms. The summed E-state index contributed by atoms with van der Waals surface area (Å²) in [6.45, 7) is 0.918. The molecule has 0 atom stereocenters. The van der Waals surface area contributed by atoms with Crippen molar-refractivity contribution in [3.63, 3.8) is 0 Å². The van der Waals surface area contributed by atoms with Crippen LogP contribution in [0.4, 0.5) is 13.9 Å². The van der Waals surface area contributed by atoms with E-state index < -0.39 is 13.0 Å². The number of anilines is 1. The quantitative estimate of drug-likeness (QED) is 0.686. The highest BCUT2D eigenvalue weighted by Crippen LogP contribution is 2.10. The summed E-state index contributed by atoms with van der Waals surface area (Å²) in [5, 5.41) is 3.73. The molecule has 0 aromatic carbocycles. The second-order valence-corrected chi connectivity index (χ2v) is 3.90. The van der Waals surface area contributed by atoms with Crippen LogP contribution in [0.1, 0.15) is 5.82 Å². The molecule has 0 aliphatic carbocycles. The number of aromatic nitrogens is 2. The van der Waals surface area contributed by atoms with Crippen molar-refractivity contribution in [3.05, 3.63) is 5.82 Å². The van der Waals surface area contributed by atoms with Crippen LogP contribution in [0, 0.1) is 0 Å². The third-order valence-electron chi connectivity index (χ3n) is 1.76. The number of nitrogens with one attached hydrogen (secondary N) is 1. The van der Waals surface area contributed by atoms with Crippen LogP contribution < -0.4 is 5.32 Å². The zero-order valence-electron chi connectivity index (χ0n) is 9.49. The summed E-state index contributed by atoms with van der Waals surface area (Å²) in [6.07, 6.45) is -1.99. The van der Waals surface area contributed by atoms with Gasteiger partial charge in [-0.1, -0.05) is 0 Å². The average molecular weight is 267 g/mol. The molecule has 8 heteroatoms. The molecule has 17 heavy (non-hydrogen) atoms. The fourth-order valence-electron chi connectivity index (χ4n) is 1.02. The molecule has 0 aliphatic heterocycles. The van der Waals surface area contributed by atoms with Crippen LogP contribution in [0.5, 0.6) is 0 Å². The summed E-state index contributed by atoms with van der Waals surface area (Å²) >= 11 is 1.23. The number of halogens is 2. The van der Waals surface area contributed by atoms with Gasteiger partial charge in [-0.25, -0.2) is 13.8 Å². The maximum absolute atomic E-state index is 11.8. The molecule has 5 nitrogen and oxygen atoms in total. The van der Waals surface area contributed by atoms with E-state index in [9.17, 15) is 8.78 Å². The Morgan fingerprint density at radius 1 is 1.41 bits per heavy atom. The van der Waals surface area contributed by atoms with Gasteiger partial charge in [-0.3, -0.25) is 0 Å². The first kappa shape index (κ1) is 14.2. The van der Waals surface area contributed by atoms with Gasteiger partial charge in [-0.2, -0.15) is 4.37 Å². The smallest absolute Gasteiger partial charge is 0.261 e. The Morgan fingerprint density at radius 2 is 2.24 bits per heavy atom. The molecular weight excluding hydrogens is 252 g/mol. The summed E-state index contributed by atoms with van der Waals surface area (Å²) < 4.78 is 37.2. The van der Waals surface area contributed by atoms with Crippen molar-refractivity contribution in [2.45, 2.75) is 12.8 Å². The minimum absolute atomic E-state index is 0.207. The van der Waals surface area contributed by atoms with Gasteiger partial charge in [-0.15, -0.1) is 0 Å². The fourth-order valence-corrected chi connectivity index (χ4v) is 1.66. The van der Waals surface area contributed by atoms with Gasteiger partial charge in [0.25, 0.3) is 6.43 Å². The first-order valence-corrected chi connectivity index (χ1v) is 5.91. The Labute approximate surface area is 102 Å². The fraction of sp³-hybridized carbons (Fsp3) is 0.778. The van der Waals surface area contributed by atoms with Gasteiger partial charge in [-0.05, 0) is 0 Å². The molecule has 1 rings (SSSR count). The van der Waals surface area contributed by atoms with E-state index in [1.54, 1.807) is 7.11 Å². The van der Waals surface area contributed by atoms with Crippen LogP contribution in [0.25, 0.3) is 0 Å². The number of alkyl halides is 2. The lowest BCUT2D eigenvalue weighted by atomic mass is 10.4. The zero-order valence-corrected chi connectivity index (χ0v) is 10.3. The molecular formula is C9H15F2N3O2S. The van der Waals surface area contributed by atoms with E-state index in [-0.39, 0.29) is 6.61 Å². The van der Waals surface area contributed by atoms with Crippen molar-refractivity contribution in [1.29, 1.82) is 0 Å². The average Bonchev–Trinajstić information content (AvgIpc) is 2.73. The van der Waals surface area contributed by atoms with Gasteiger partial charge in [0.2, 0.25) is 5.13 Å². The van der Waals surface area contributed by atoms with E-state index in [1.807, 2.05) is 0 Å². The highest BCUT2D eigenvalue weighted by molar-refractivity contribution is 7.09. The number of methoxy groups -OCH3 is 1.